The Morgan fingerprint density at radius 2 is 2.05 bits per heavy atom. The molecular formula is C14H21N3O3S. The average molecular weight is 311 g/mol. The van der Waals surface area contributed by atoms with Crippen LogP contribution in [-0.2, 0) is 21.2 Å². The third-order valence-electron chi connectivity index (χ3n) is 3.53. The molecule has 1 heterocycles. The average Bonchev–Trinajstić information content (AvgIpc) is 2.37. The first-order valence-electron chi connectivity index (χ1n) is 6.93. The van der Waals surface area contributed by atoms with Crippen molar-refractivity contribution < 1.29 is 13.2 Å². The van der Waals surface area contributed by atoms with E-state index in [9.17, 15) is 13.2 Å². The van der Waals surface area contributed by atoms with E-state index >= 15 is 0 Å². The van der Waals surface area contributed by atoms with Crippen LogP contribution in [0.5, 0.6) is 0 Å². The van der Waals surface area contributed by atoms with Crippen molar-refractivity contribution in [1.29, 1.82) is 0 Å². The first kappa shape index (κ1) is 15.8. The lowest BCUT2D eigenvalue weighted by Gasteiger charge is -2.32. The standard InChI is InChI=1S/C14H21N3O3S/c1-21(19,20)16-13-5-7-17(8-6-13)14(18)10-11-3-2-4-12(15)9-11/h2-4,9,13,16H,5-8,10,15H2,1H3. The van der Waals surface area contributed by atoms with Crippen molar-refractivity contribution in [3.63, 3.8) is 0 Å². The summed E-state index contributed by atoms with van der Waals surface area (Å²) in [5, 5.41) is 0. The van der Waals surface area contributed by atoms with Gasteiger partial charge in [0.25, 0.3) is 0 Å². The number of nitrogen functional groups attached to an aromatic ring is 1. The van der Waals surface area contributed by atoms with E-state index in [1.165, 1.54) is 0 Å². The molecule has 3 N–H and O–H groups in total. The number of hydrogen-bond donors (Lipinski definition) is 2. The zero-order valence-electron chi connectivity index (χ0n) is 12.1. The van der Waals surface area contributed by atoms with E-state index < -0.39 is 10.0 Å². The highest BCUT2D eigenvalue weighted by atomic mass is 32.2. The van der Waals surface area contributed by atoms with Gasteiger partial charge in [-0.1, -0.05) is 12.1 Å². The summed E-state index contributed by atoms with van der Waals surface area (Å²) in [6.07, 6.45) is 2.78. The molecule has 1 aliphatic rings. The summed E-state index contributed by atoms with van der Waals surface area (Å²) in [7, 11) is -3.18. The van der Waals surface area contributed by atoms with Crippen molar-refractivity contribution in [1.82, 2.24) is 9.62 Å². The molecule has 6 nitrogen and oxygen atoms in total. The highest BCUT2D eigenvalue weighted by Crippen LogP contribution is 2.14. The number of carbonyl (C=O) groups excluding carboxylic acids is 1. The van der Waals surface area contributed by atoms with Crippen LogP contribution in [0.25, 0.3) is 0 Å². The normalized spacial score (nSPS) is 16.9. The lowest BCUT2D eigenvalue weighted by atomic mass is 10.0. The van der Waals surface area contributed by atoms with Crippen molar-refractivity contribution in [3.05, 3.63) is 29.8 Å². The second-order valence-corrected chi connectivity index (χ2v) is 7.25. The largest absolute Gasteiger partial charge is 0.399 e. The molecule has 0 radical (unpaired) electrons. The molecule has 2 rings (SSSR count). The van der Waals surface area contributed by atoms with Gasteiger partial charge >= 0.3 is 0 Å². The molecule has 0 unspecified atom stereocenters. The molecule has 0 aliphatic carbocycles. The number of piperidine rings is 1. The fraction of sp³-hybridized carbons (Fsp3) is 0.500. The molecule has 0 aromatic heterocycles. The van der Waals surface area contributed by atoms with E-state index in [0.29, 0.717) is 38.0 Å². The summed E-state index contributed by atoms with van der Waals surface area (Å²) < 4.78 is 25.0. The maximum atomic E-state index is 12.2. The number of amides is 1. The van der Waals surface area contributed by atoms with E-state index in [0.717, 1.165) is 11.8 Å². The van der Waals surface area contributed by atoms with Crippen molar-refractivity contribution in [2.24, 2.45) is 0 Å². The topological polar surface area (TPSA) is 92.5 Å². The number of likely N-dealkylation sites (tertiary alicyclic amines) is 1. The quantitative estimate of drug-likeness (QED) is 0.785. The molecule has 1 aliphatic heterocycles. The monoisotopic (exact) mass is 311 g/mol. The first-order valence-corrected chi connectivity index (χ1v) is 8.82. The number of benzene rings is 1. The summed E-state index contributed by atoms with van der Waals surface area (Å²) >= 11 is 0. The van der Waals surface area contributed by atoms with Crippen LogP contribution < -0.4 is 10.5 Å². The molecule has 7 heteroatoms. The molecular weight excluding hydrogens is 290 g/mol. The van der Waals surface area contributed by atoms with E-state index in [1.807, 2.05) is 12.1 Å². The summed E-state index contributed by atoms with van der Waals surface area (Å²) in [5.41, 5.74) is 7.25. The predicted molar refractivity (Wildman–Crippen MR) is 82.1 cm³/mol. The first-order chi connectivity index (χ1) is 9.83. The molecule has 0 bridgehead atoms. The lowest BCUT2D eigenvalue weighted by molar-refractivity contribution is -0.131. The van der Waals surface area contributed by atoms with Gasteiger partial charge in [-0.25, -0.2) is 13.1 Å². The fourth-order valence-electron chi connectivity index (χ4n) is 2.54. The van der Waals surface area contributed by atoms with Crippen molar-refractivity contribution >= 4 is 21.6 Å². The molecule has 116 valence electrons. The minimum atomic E-state index is -3.18. The summed E-state index contributed by atoms with van der Waals surface area (Å²) in [4.78, 5) is 14.0. The van der Waals surface area contributed by atoms with Crippen molar-refractivity contribution in [2.75, 3.05) is 25.1 Å². The van der Waals surface area contributed by atoms with Crippen molar-refractivity contribution in [2.45, 2.75) is 25.3 Å². The number of sulfonamides is 1. The Kier molecular flexibility index (Phi) is 4.84. The van der Waals surface area contributed by atoms with E-state index in [1.54, 1.807) is 17.0 Å². The number of carbonyl (C=O) groups is 1. The Bertz CT molecular complexity index is 608. The molecule has 1 amide bonds. The Balaban J connectivity index is 1.86. The molecule has 0 spiro atoms. The van der Waals surface area contributed by atoms with Gasteiger partial charge in [0.15, 0.2) is 0 Å². The van der Waals surface area contributed by atoms with E-state index in [4.69, 9.17) is 5.73 Å². The van der Waals surface area contributed by atoms with Gasteiger partial charge in [0.05, 0.1) is 12.7 Å². The molecule has 0 atom stereocenters. The van der Waals surface area contributed by atoms with Crippen LogP contribution in [-0.4, -0.2) is 44.6 Å². The SMILES string of the molecule is CS(=O)(=O)NC1CCN(C(=O)Cc2cccc(N)c2)CC1. The van der Waals surface area contributed by atoms with Gasteiger partial charge in [-0.2, -0.15) is 0 Å². The molecule has 1 aromatic rings. The lowest BCUT2D eigenvalue weighted by Crippen LogP contribution is -2.46. The maximum Gasteiger partial charge on any atom is 0.226 e. The second kappa shape index (κ2) is 6.44. The van der Waals surface area contributed by atoms with Gasteiger partial charge in [0.1, 0.15) is 0 Å². The van der Waals surface area contributed by atoms with Crippen LogP contribution in [0.4, 0.5) is 5.69 Å². The van der Waals surface area contributed by atoms with Gasteiger partial charge in [0, 0.05) is 24.8 Å². The molecule has 0 saturated carbocycles. The molecule has 1 saturated heterocycles. The minimum absolute atomic E-state index is 0.0541. The van der Waals surface area contributed by atoms with Gasteiger partial charge in [-0.05, 0) is 30.5 Å². The Hall–Kier alpha value is -1.60. The molecule has 21 heavy (non-hydrogen) atoms. The summed E-state index contributed by atoms with van der Waals surface area (Å²) in [6.45, 7) is 1.16. The highest BCUT2D eigenvalue weighted by molar-refractivity contribution is 7.88. The van der Waals surface area contributed by atoms with E-state index in [-0.39, 0.29) is 11.9 Å². The zero-order valence-corrected chi connectivity index (χ0v) is 12.9. The maximum absolute atomic E-state index is 12.2. The van der Waals surface area contributed by atoms with Crippen LogP contribution >= 0.6 is 0 Å². The number of rotatable bonds is 4. The smallest absolute Gasteiger partial charge is 0.226 e. The predicted octanol–water partition coefficient (Wildman–Crippen LogP) is 0.352. The number of nitrogens with one attached hydrogen (secondary N) is 1. The van der Waals surface area contributed by atoms with Crippen LogP contribution in [0.2, 0.25) is 0 Å². The number of hydrogen-bond acceptors (Lipinski definition) is 4. The summed E-state index contributed by atoms with van der Waals surface area (Å²) in [5.74, 6) is 0.0541. The van der Waals surface area contributed by atoms with Gasteiger partial charge in [0.2, 0.25) is 15.9 Å². The Morgan fingerprint density at radius 3 is 2.62 bits per heavy atom. The van der Waals surface area contributed by atoms with Gasteiger partial charge < -0.3 is 10.6 Å². The van der Waals surface area contributed by atoms with Gasteiger partial charge in [-0.3, -0.25) is 4.79 Å². The zero-order chi connectivity index (χ0) is 15.5. The summed E-state index contributed by atoms with van der Waals surface area (Å²) in [6, 6.07) is 7.23. The van der Waals surface area contributed by atoms with Crippen LogP contribution in [0.1, 0.15) is 18.4 Å². The number of nitrogens with zero attached hydrogens (tertiary/aromatic N) is 1. The van der Waals surface area contributed by atoms with Gasteiger partial charge in [-0.15, -0.1) is 0 Å². The van der Waals surface area contributed by atoms with E-state index in [2.05, 4.69) is 4.72 Å². The highest BCUT2D eigenvalue weighted by Gasteiger charge is 2.24. The molecule has 1 fully saturated rings. The number of nitrogens with two attached hydrogens (primary N) is 1. The third-order valence-corrected chi connectivity index (χ3v) is 4.30. The third kappa shape index (κ3) is 5.02. The van der Waals surface area contributed by atoms with Crippen LogP contribution in [0, 0.1) is 0 Å². The number of anilines is 1. The molecule has 1 aromatic carbocycles. The fourth-order valence-corrected chi connectivity index (χ4v) is 3.38. The minimum Gasteiger partial charge on any atom is -0.399 e. The Labute approximate surface area is 125 Å². The van der Waals surface area contributed by atoms with Crippen LogP contribution in [0.15, 0.2) is 24.3 Å². The Morgan fingerprint density at radius 1 is 1.38 bits per heavy atom. The van der Waals surface area contributed by atoms with Crippen LogP contribution in [0.3, 0.4) is 0 Å². The van der Waals surface area contributed by atoms with Crippen molar-refractivity contribution in [3.8, 4) is 0 Å². The second-order valence-electron chi connectivity index (χ2n) is 5.47.